The van der Waals surface area contributed by atoms with Crippen molar-refractivity contribution in [2.24, 2.45) is 5.16 Å². The Balaban J connectivity index is 2.01. The third-order valence-electron chi connectivity index (χ3n) is 2.74. The second kappa shape index (κ2) is 7.78. The maximum atomic E-state index is 11.9. The highest BCUT2D eigenvalue weighted by atomic mass is 35.5. The topological polar surface area (TPSA) is 38.7 Å². The number of oxime groups is 1. The Labute approximate surface area is 138 Å². The van der Waals surface area contributed by atoms with Gasteiger partial charge in [0.25, 0.3) is 0 Å². The number of nitrogens with zero attached hydrogens (tertiary/aromatic N) is 1. The molecule has 0 saturated heterocycles. The molecule has 0 saturated carbocycles. The predicted octanol–water partition coefficient (Wildman–Crippen LogP) is 5.24. The van der Waals surface area contributed by atoms with Gasteiger partial charge in [0.05, 0.1) is 16.3 Å². The lowest BCUT2D eigenvalue weighted by molar-refractivity contribution is 0.0517. The van der Waals surface area contributed by atoms with Gasteiger partial charge < -0.3 is 4.84 Å². The lowest BCUT2D eigenvalue weighted by Gasteiger charge is -2.01. The molecule has 0 aliphatic heterocycles. The van der Waals surface area contributed by atoms with Crippen molar-refractivity contribution in [1.29, 1.82) is 0 Å². The fourth-order valence-corrected chi connectivity index (χ4v) is 2.11. The normalized spacial score (nSPS) is 11.7. The molecule has 0 heterocycles. The van der Waals surface area contributed by atoms with Crippen LogP contribution in [0.2, 0.25) is 10.0 Å². The monoisotopic (exact) mass is 333 g/mol. The van der Waals surface area contributed by atoms with E-state index in [1.54, 1.807) is 19.1 Å². The van der Waals surface area contributed by atoms with Crippen molar-refractivity contribution in [3.63, 3.8) is 0 Å². The van der Waals surface area contributed by atoms with Crippen LogP contribution in [0.4, 0.5) is 0 Å². The molecule has 5 heteroatoms. The maximum absolute atomic E-state index is 11.9. The SMILES string of the molecule is CC(/C=C/c1ccccc1)=N\OC(=O)c1ccc(Cl)cc1Cl. The van der Waals surface area contributed by atoms with Crippen molar-refractivity contribution >= 4 is 41.0 Å². The summed E-state index contributed by atoms with van der Waals surface area (Å²) < 4.78 is 0. The van der Waals surface area contributed by atoms with Gasteiger partial charge in [-0.15, -0.1) is 0 Å². The van der Waals surface area contributed by atoms with Crippen LogP contribution < -0.4 is 0 Å². The summed E-state index contributed by atoms with van der Waals surface area (Å²) in [5.74, 6) is -0.630. The quantitative estimate of drug-likeness (QED) is 0.436. The van der Waals surface area contributed by atoms with Crippen molar-refractivity contribution in [1.82, 2.24) is 0 Å². The molecule has 112 valence electrons. The smallest absolute Gasteiger partial charge is 0.312 e. The average Bonchev–Trinajstić information content (AvgIpc) is 2.51. The molecule has 0 unspecified atom stereocenters. The van der Waals surface area contributed by atoms with Gasteiger partial charge in [-0.1, -0.05) is 64.8 Å². The molecule has 22 heavy (non-hydrogen) atoms. The number of hydrogen-bond acceptors (Lipinski definition) is 3. The summed E-state index contributed by atoms with van der Waals surface area (Å²) in [6.07, 6.45) is 3.63. The zero-order valence-corrected chi connectivity index (χ0v) is 13.3. The number of halogens is 2. The van der Waals surface area contributed by atoms with E-state index in [1.165, 1.54) is 12.1 Å². The van der Waals surface area contributed by atoms with E-state index in [2.05, 4.69) is 5.16 Å². The summed E-state index contributed by atoms with van der Waals surface area (Å²) in [5, 5.41) is 4.45. The molecule has 0 aliphatic rings. The summed E-state index contributed by atoms with van der Waals surface area (Å²) in [7, 11) is 0. The number of benzene rings is 2. The molecule has 2 rings (SSSR count). The maximum Gasteiger partial charge on any atom is 0.367 e. The Kier molecular flexibility index (Phi) is 5.75. The molecule has 0 aliphatic carbocycles. The van der Waals surface area contributed by atoms with Crippen molar-refractivity contribution in [2.75, 3.05) is 0 Å². The summed E-state index contributed by atoms with van der Waals surface area (Å²) >= 11 is 11.7. The number of rotatable bonds is 4. The standard InChI is InChI=1S/C17H13Cl2NO2/c1-12(7-8-13-5-3-2-4-6-13)20-22-17(21)15-10-9-14(18)11-16(15)19/h2-11H,1H3/b8-7+,20-12+. The van der Waals surface area contributed by atoms with Crippen LogP contribution in [0.3, 0.4) is 0 Å². The molecule has 0 spiro atoms. The Bertz CT molecular complexity index is 725. The van der Waals surface area contributed by atoms with Crippen molar-refractivity contribution in [3.05, 3.63) is 75.8 Å². The summed E-state index contributed by atoms with van der Waals surface area (Å²) in [4.78, 5) is 16.7. The van der Waals surface area contributed by atoms with Gasteiger partial charge in [0.15, 0.2) is 0 Å². The van der Waals surface area contributed by atoms with E-state index in [9.17, 15) is 4.79 Å². The Morgan fingerprint density at radius 3 is 2.55 bits per heavy atom. The second-order valence-electron chi connectivity index (χ2n) is 4.48. The van der Waals surface area contributed by atoms with Crippen molar-refractivity contribution in [2.45, 2.75) is 6.92 Å². The largest absolute Gasteiger partial charge is 0.367 e. The first-order chi connectivity index (χ1) is 10.6. The third-order valence-corrected chi connectivity index (χ3v) is 3.29. The number of allylic oxidation sites excluding steroid dienone is 1. The minimum absolute atomic E-state index is 0.217. The Hall–Kier alpha value is -2.10. The number of carbonyl (C=O) groups is 1. The molecule has 0 aromatic heterocycles. The highest BCUT2D eigenvalue weighted by molar-refractivity contribution is 6.36. The van der Waals surface area contributed by atoms with E-state index < -0.39 is 5.97 Å². The van der Waals surface area contributed by atoms with Crippen LogP contribution in [0.25, 0.3) is 6.08 Å². The molecular weight excluding hydrogens is 321 g/mol. The lowest BCUT2D eigenvalue weighted by Crippen LogP contribution is -2.03. The molecule has 0 bridgehead atoms. The lowest BCUT2D eigenvalue weighted by atomic mass is 10.2. The summed E-state index contributed by atoms with van der Waals surface area (Å²) in [6, 6.07) is 14.3. The summed E-state index contributed by atoms with van der Waals surface area (Å²) in [5.41, 5.74) is 1.81. The van der Waals surface area contributed by atoms with E-state index in [-0.39, 0.29) is 10.6 Å². The van der Waals surface area contributed by atoms with Crippen LogP contribution >= 0.6 is 23.2 Å². The van der Waals surface area contributed by atoms with Gasteiger partial charge in [0, 0.05) is 5.02 Å². The molecular formula is C17H13Cl2NO2. The van der Waals surface area contributed by atoms with Gasteiger partial charge >= 0.3 is 5.97 Å². The van der Waals surface area contributed by atoms with E-state index in [4.69, 9.17) is 28.0 Å². The van der Waals surface area contributed by atoms with E-state index in [1.807, 2.05) is 36.4 Å². The van der Waals surface area contributed by atoms with Crippen LogP contribution in [0.1, 0.15) is 22.8 Å². The third kappa shape index (κ3) is 4.72. The molecule has 0 amide bonds. The Morgan fingerprint density at radius 2 is 1.86 bits per heavy atom. The van der Waals surface area contributed by atoms with Crippen LogP contribution in [0.5, 0.6) is 0 Å². The zero-order chi connectivity index (χ0) is 15.9. The highest BCUT2D eigenvalue weighted by Crippen LogP contribution is 2.21. The first-order valence-electron chi connectivity index (χ1n) is 6.50. The van der Waals surface area contributed by atoms with E-state index >= 15 is 0 Å². The van der Waals surface area contributed by atoms with E-state index in [0.717, 1.165) is 5.56 Å². The molecule has 3 nitrogen and oxygen atoms in total. The molecule has 0 N–H and O–H groups in total. The fourth-order valence-electron chi connectivity index (χ4n) is 1.63. The minimum Gasteiger partial charge on any atom is -0.312 e. The van der Waals surface area contributed by atoms with Crippen LogP contribution in [-0.4, -0.2) is 11.7 Å². The minimum atomic E-state index is -0.630. The van der Waals surface area contributed by atoms with Crippen molar-refractivity contribution in [3.8, 4) is 0 Å². The van der Waals surface area contributed by atoms with Crippen LogP contribution in [0.15, 0.2) is 59.8 Å². The van der Waals surface area contributed by atoms with Gasteiger partial charge in [-0.25, -0.2) is 4.79 Å². The first kappa shape index (κ1) is 16.3. The first-order valence-corrected chi connectivity index (χ1v) is 7.26. The van der Waals surface area contributed by atoms with Crippen LogP contribution in [-0.2, 0) is 4.84 Å². The van der Waals surface area contributed by atoms with Gasteiger partial charge in [-0.2, -0.15) is 0 Å². The number of carbonyl (C=O) groups excluding carboxylic acids is 1. The molecule has 0 radical (unpaired) electrons. The van der Waals surface area contributed by atoms with Gasteiger partial charge in [-0.05, 0) is 36.8 Å². The van der Waals surface area contributed by atoms with Gasteiger partial charge in [0.1, 0.15) is 0 Å². The zero-order valence-electron chi connectivity index (χ0n) is 11.8. The van der Waals surface area contributed by atoms with E-state index in [0.29, 0.717) is 10.7 Å². The average molecular weight is 334 g/mol. The molecule has 2 aromatic rings. The summed E-state index contributed by atoms with van der Waals surface area (Å²) in [6.45, 7) is 1.73. The molecule has 0 fully saturated rings. The fraction of sp³-hybridized carbons (Fsp3) is 0.0588. The highest BCUT2D eigenvalue weighted by Gasteiger charge is 2.12. The number of hydrogen-bond donors (Lipinski definition) is 0. The molecule has 0 atom stereocenters. The Morgan fingerprint density at radius 1 is 1.14 bits per heavy atom. The second-order valence-corrected chi connectivity index (χ2v) is 5.32. The van der Waals surface area contributed by atoms with Gasteiger partial charge in [-0.3, -0.25) is 0 Å². The van der Waals surface area contributed by atoms with Crippen molar-refractivity contribution < 1.29 is 9.63 Å². The van der Waals surface area contributed by atoms with Gasteiger partial charge in [0.2, 0.25) is 0 Å². The van der Waals surface area contributed by atoms with Crippen LogP contribution in [0, 0.1) is 0 Å². The molecule has 2 aromatic carbocycles. The predicted molar refractivity (Wildman–Crippen MR) is 90.5 cm³/mol.